The molecule has 0 saturated carbocycles. The van der Waals surface area contributed by atoms with Crippen LogP contribution in [-0.4, -0.2) is 11.7 Å². The summed E-state index contributed by atoms with van der Waals surface area (Å²) in [7, 11) is 0. The van der Waals surface area contributed by atoms with E-state index in [-0.39, 0.29) is 0 Å². The molecule has 0 fully saturated rings. The Hall–Kier alpha value is -6.52. The van der Waals surface area contributed by atoms with E-state index in [4.69, 9.17) is 20.1 Å². The fourth-order valence-corrected chi connectivity index (χ4v) is 7.10. The van der Waals surface area contributed by atoms with Crippen molar-refractivity contribution in [3.8, 4) is 11.1 Å². The number of nitrogens with two attached hydrogens (primary N) is 1. The molecule has 0 unspecified atom stereocenters. The number of nitrogens with zero attached hydrogens (tertiary/aromatic N) is 2. The van der Waals surface area contributed by atoms with E-state index in [1.807, 2.05) is 72.8 Å². The molecule has 0 atom stereocenters. The molecule has 0 spiro atoms. The van der Waals surface area contributed by atoms with Gasteiger partial charge >= 0.3 is 0 Å². The highest BCUT2D eigenvalue weighted by atomic mass is 16.3. The smallest absolute Gasteiger partial charge is 0.157 e. The molecule has 0 bridgehead atoms. The molecule has 232 valence electrons. The first-order valence-electron chi connectivity index (χ1n) is 16.5. The Morgan fingerprint density at radius 1 is 0.510 bits per heavy atom. The number of rotatable bonds is 5. The van der Waals surface area contributed by atoms with Crippen molar-refractivity contribution >= 4 is 65.9 Å². The highest BCUT2D eigenvalue weighted by Crippen LogP contribution is 2.40. The zero-order valence-corrected chi connectivity index (χ0v) is 26.7. The lowest BCUT2D eigenvalue weighted by molar-refractivity contribution is 0.669. The fraction of sp³-hybridized carbons (Fsp3) is 0.0222. The lowest BCUT2D eigenvalue weighted by Gasteiger charge is -2.15. The van der Waals surface area contributed by atoms with Gasteiger partial charge in [-0.2, -0.15) is 0 Å². The summed E-state index contributed by atoms with van der Waals surface area (Å²) < 4.78 is 6.36. The molecule has 0 aliphatic rings. The van der Waals surface area contributed by atoms with Gasteiger partial charge in [-0.05, 0) is 73.3 Å². The molecule has 9 aromatic rings. The number of hydrogen-bond acceptors (Lipinski definition) is 2. The summed E-state index contributed by atoms with van der Waals surface area (Å²) in [5.41, 5.74) is 13.6. The Bertz CT molecular complexity index is 2710. The van der Waals surface area contributed by atoms with Crippen LogP contribution in [0, 0.1) is 0 Å². The summed E-state index contributed by atoms with van der Waals surface area (Å²) in [6.45, 7) is 0.485. The SMILES string of the molecule is NC(=NC(=NCc1ccccc1)c1ccccc1)c1c(-c2ccc3c4ccccc4c4ccccc4c3c2)ccc2oc3ccccc3c12. The Morgan fingerprint density at radius 3 is 1.78 bits per heavy atom. The first kappa shape index (κ1) is 28.7. The standard InChI is InChI=1S/C45H31N3O/c46-44(48-45(30-15-5-2-6-16-30)47-28-29-13-3-1-4-14-29)43-32(25-26-41-42(43)38-21-11-12-22-40(38)49-41)31-23-24-37-35-19-8-7-17-33(35)34-18-9-10-20-36(34)39(37)27-31/h1-27H,28H2,(H2,46,47,48). The summed E-state index contributed by atoms with van der Waals surface area (Å²) in [5.74, 6) is 0.958. The summed E-state index contributed by atoms with van der Waals surface area (Å²) in [4.78, 5) is 10.1. The van der Waals surface area contributed by atoms with Gasteiger partial charge in [-0.25, -0.2) is 4.99 Å². The normalized spacial score (nSPS) is 12.5. The van der Waals surface area contributed by atoms with Crippen molar-refractivity contribution in [2.45, 2.75) is 6.54 Å². The van der Waals surface area contributed by atoms with Crippen molar-refractivity contribution in [3.63, 3.8) is 0 Å². The van der Waals surface area contributed by atoms with E-state index in [0.717, 1.165) is 49.8 Å². The largest absolute Gasteiger partial charge is 0.456 e. The Balaban J connectivity index is 1.30. The second-order valence-electron chi connectivity index (χ2n) is 12.3. The summed E-state index contributed by atoms with van der Waals surface area (Å²) in [6, 6.07) is 56.5. The van der Waals surface area contributed by atoms with Gasteiger partial charge in [0.15, 0.2) is 5.84 Å². The van der Waals surface area contributed by atoms with Gasteiger partial charge in [-0.1, -0.05) is 140 Å². The predicted octanol–water partition coefficient (Wildman–Crippen LogP) is 11.1. The van der Waals surface area contributed by atoms with Gasteiger partial charge in [0.25, 0.3) is 0 Å². The second-order valence-corrected chi connectivity index (χ2v) is 12.3. The van der Waals surface area contributed by atoms with Crippen molar-refractivity contribution in [2.75, 3.05) is 0 Å². The molecule has 1 aromatic heterocycles. The third-order valence-corrected chi connectivity index (χ3v) is 9.37. The molecule has 2 N–H and O–H groups in total. The molecule has 8 aromatic carbocycles. The van der Waals surface area contributed by atoms with Gasteiger partial charge in [0.1, 0.15) is 17.0 Å². The van der Waals surface area contributed by atoms with Crippen LogP contribution in [0.2, 0.25) is 0 Å². The van der Waals surface area contributed by atoms with E-state index in [1.165, 1.54) is 32.3 Å². The van der Waals surface area contributed by atoms with E-state index < -0.39 is 0 Å². The number of hydrogen-bond donors (Lipinski definition) is 1. The van der Waals surface area contributed by atoms with Crippen LogP contribution in [-0.2, 0) is 6.54 Å². The minimum atomic E-state index is 0.381. The molecule has 1 heterocycles. The van der Waals surface area contributed by atoms with E-state index in [2.05, 4.69) is 91.0 Å². The molecule has 0 radical (unpaired) electrons. The Labute approximate surface area is 283 Å². The average molecular weight is 630 g/mol. The number of benzene rings is 8. The summed E-state index contributed by atoms with van der Waals surface area (Å²) in [5, 5.41) is 9.29. The predicted molar refractivity (Wildman–Crippen MR) is 206 cm³/mol. The molecular weight excluding hydrogens is 599 g/mol. The molecule has 49 heavy (non-hydrogen) atoms. The zero-order chi connectivity index (χ0) is 32.7. The van der Waals surface area contributed by atoms with Gasteiger partial charge in [-0.3, -0.25) is 4.99 Å². The van der Waals surface area contributed by atoms with Gasteiger partial charge in [0.05, 0.1) is 6.54 Å². The third kappa shape index (κ3) is 5.02. The Kier molecular flexibility index (Phi) is 6.98. The van der Waals surface area contributed by atoms with Crippen LogP contribution >= 0.6 is 0 Å². The fourth-order valence-electron chi connectivity index (χ4n) is 7.10. The van der Waals surface area contributed by atoms with Gasteiger partial charge in [-0.15, -0.1) is 0 Å². The maximum Gasteiger partial charge on any atom is 0.157 e. The molecular formula is C45H31N3O. The monoisotopic (exact) mass is 629 g/mol. The molecule has 0 saturated heterocycles. The number of fused-ring (bicyclic) bond motifs is 9. The molecule has 0 aliphatic heterocycles. The molecule has 4 nitrogen and oxygen atoms in total. The van der Waals surface area contributed by atoms with Crippen molar-refractivity contribution in [3.05, 3.63) is 180 Å². The highest BCUT2D eigenvalue weighted by Gasteiger charge is 2.20. The minimum absolute atomic E-state index is 0.381. The Morgan fingerprint density at radius 2 is 1.08 bits per heavy atom. The number of furan rings is 1. The first-order chi connectivity index (χ1) is 24.2. The molecule has 0 amide bonds. The van der Waals surface area contributed by atoms with Crippen molar-refractivity contribution in [1.82, 2.24) is 0 Å². The number of para-hydroxylation sites is 1. The zero-order valence-electron chi connectivity index (χ0n) is 26.7. The van der Waals surface area contributed by atoms with Crippen LogP contribution in [0.3, 0.4) is 0 Å². The van der Waals surface area contributed by atoms with Crippen LogP contribution in [0.25, 0.3) is 65.4 Å². The van der Waals surface area contributed by atoms with Crippen LogP contribution in [0.15, 0.2) is 178 Å². The van der Waals surface area contributed by atoms with Crippen molar-refractivity contribution in [2.24, 2.45) is 15.7 Å². The lowest BCUT2D eigenvalue weighted by atomic mass is 9.90. The first-order valence-corrected chi connectivity index (χ1v) is 16.5. The molecule has 4 heteroatoms. The van der Waals surface area contributed by atoms with E-state index in [0.29, 0.717) is 18.2 Å². The maximum atomic E-state index is 7.16. The average Bonchev–Trinajstić information content (AvgIpc) is 3.55. The summed E-state index contributed by atoms with van der Waals surface area (Å²) in [6.07, 6.45) is 0. The van der Waals surface area contributed by atoms with E-state index in [1.54, 1.807) is 0 Å². The third-order valence-electron chi connectivity index (χ3n) is 9.37. The molecule has 0 aliphatic carbocycles. The summed E-state index contributed by atoms with van der Waals surface area (Å²) >= 11 is 0. The van der Waals surface area contributed by atoms with Gasteiger partial charge in [0.2, 0.25) is 0 Å². The van der Waals surface area contributed by atoms with Gasteiger partial charge in [0, 0.05) is 21.9 Å². The second kappa shape index (κ2) is 11.9. The van der Waals surface area contributed by atoms with Crippen molar-refractivity contribution in [1.29, 1.82) is 0 Å². The van der Waals surface area contributed by atoms with Crippen molar-refractivity contribution < 1.29 is 4.42 Å². The van der Waals surface area contributed by atoms with Crippen LogP contribution in [0.5, 0.6) is 0 Å². The van der Waals surface area contributed by atoms with Gasteiger partial charge < -0.3 is 10.2 Å². The number of aliphatic imine (C=N–C) groups is 2. The number of amidine groups is 2. The minimum Gasteiger partial charge on any atom is -0.456 e. The van der Waals surface area contributed by atoms with Crippen LogP contribution in [0.4, 0.5) is 0 Å². The topological polar surface area (TPSA) is 63.9 Å². The van der Waals surface area contributed by atoms with E-state index >= 15 is 0 Å². The van der Waals surface area contributed by atoms with E-state index in [9.17, 15) is 0 Å². The van der Waals surface area contributed by atoms with Crippen LogP contribution in [0.1, 0.15) is 16.7 Å². The maximum absolute atomic E-state index is 7.16. The highest BCUT2D eigenvalue weighted by molar-refractivity contribution is 6.27. The molecule has 9 rings (SSSR count). The quantitative estimate of drug-likeness (QED) is 0.117. The van der Waals surface area contributed by atoms with Crippen LogP contribution < -0.4 is 5.73 Å². The lowest BCUT2D eigenvalue weighted by Crippen LogP contribution is -2.18.